The fraction of sp³-hybridized carbons (Fsp3) is 0.875. The van der Waals surface area contributed by atoms with Gasteiger partial charge in [0.25, 0.3) is 0 Å². The summed E-state index contributed by atoms with van der Waals surface area (Å²) in [6, 6.07) is 0. The zero-order valence-corrected chi connectivity index (χ0v) is 14.4. The lowest BCUT2D eigenvalue weighted by molar-refractivity contribution is -0.139. The topological polar surface area (TPSA) is 66.6 Å². The van der Waals surface area contributed by atoms with Crippen LogP contribution >= 0.6 is 0 Å². The van der Waals surface area contributed by atoms with Crippen LogP contribution in [0, 0.1) is 11.8 Å². The quantitative estimate of drug-likeness (QED) is 0.668. The molecule has 5 heteroatoms. The summed E-state index contributed by atoms with van der Waals surface area (Å²) in [5.41, 5.74) is 5.63. The molecule has 21 heavy (non-hydrogen) atoms. The maximum absolute atomic E-state index is 12.3. The van der Waals surface area contributed by atoms with Crippen molar-refractivity contribution in [1.82, 2.24) is 9.80 Å². The standard InChI is InChI=1S/C16H33N3O2/c1-6-11-19(12-16(21)18(4)5)15(20)8-7-14(9-10-17)13(2)3/h13-14H,6-12,17H2,1-5H3. The molecule has 0 aromatic rings. The lowest BCUT2D eigenvalue weighted by atomic mass is 9.88. The minimum Gasteiger partial charge on any atom is -0.347 e. The molecule has 0 saturated heterocycles. The van der Waals surface area contributed by atoms with Gasteiger partial charge >= 0.3 is 0 Å². The summed E-state index contributed by atoms with van der Waals surface area (Å²) < 4.78 is 0. The Balaban J connectivity index is 4.50. The van der Waals surface area contributed by atoms with Gasteiger partial charge in [0, 0.05) is 27.1 Å². The summed E-state index contributed by atoms with van der Waals surface area (Å²) in [6.45, 7) is 7.85. The number of carbonyl (C=O) groups is 2. The van der Waals surface area contributed by atoms with E-state index >= 15 is 0 Å². The Bertz CT molecular complexity index is 317. The fourth-order valence-corrected chi connectivity index (χ4v) is 2.36. The van der Waals surface area contributed by atoms with Gasteiger partial charge in [-0.3, -0.25) is 9.59 Å². The molecule has 1 unspecified atom stereocenters. The molecule has 5 nitrogen and oxygen atoms in total. The predicted molar refractivity (Wildman–Crippen MR) is 86.8 cm³/mol. The molecule has 0 fully saturated rings. The SMILES string of the molecule is CCCN(CC(=O)N(C)C)C(=O)CCC(CCN)C(C)C. The number of hydrogen-bond acceptors (Lipinski definition) is 3. The highest BCUT2D eigenvalue weighted by molar-refractivity contribution is 5.84. The smallest absolute Gasteiger partial charge is 0.241 e. The third-order valence-corrected chi connectivity index (χ3v) is 3.88. The Morgan fingerprint density at radius 2 is 1.71 bits per heavy atom. The van der Waals surface area contributed by atoms with Crippen molar-refractivity contribution >= 4 is 11.8 Å². The molecule has 0 rings (SSSR count). The molecule has 0 saturated carbocycles. The van der Waals surface area contributed by atoms with Crippen LogP contribution < -0.4 is 5.73 Å². The highest BCUT2D eigenvalue weighted by atomic mass is 16.2. The summed E-state index contributed by atoms with van der Waals surface area (Å²) in [4.78, 5) is 27.4. The molecule has 0 radical (unpaired) electrons. The molecular weight excluding hydrogens is 266 g/mol. The normalized spacial score (nSPS) is 12.3. The van der Waals surface area contributed by atoms with E-state index in [0.29, 0.717) is 31.3 Å². The van der Waals surface area contributed by atoms with Gasteiger partial charge in [0.15, 0.2) is 0 Å². The first-order chi connectivity index (χ1) is 9.83. The highest BCUT2D eigenvalue weighted by Gasteiger charge is 2.20. The van der Waals surface area contributed by atoms with E-state index in [1.54, 1.807) is 19.0 Å². The zero-order chi connectivity index (χ0) is 16.4. The molecule has 0 aliphatic heterocycles. The number of nitrogens with two attached hydrogens (primary N) is 1. The number of amides is 2. The van der Waals surface area contributed by atoms with E-state index in [-0.39, 0.29) is 18.4 Å². The lowest BCUT2D eigenvalue weighted by Crippen LogP contribution is -2.40. The summed E-state index contributed by atoms with van der Waals surface area (Å²) in [6.07, 6.45) is 3.17. The van der Waals surface area contributed by atoms with Gasteiger partial charge in [-0.2, -0.15) is 0 Å². The van der Waals surface area contributed by atoms with E-state index in [2.05, 4.69) is 13.8 Å². The first-order valence-electron chi connectivity index (χ1n) is 8.01. The van der Waals surface area contributed by atoms with Gasteiger partial charge in [-0.05, 0) is 37.6 Å². The number of hydrogen-bond donors (Lipinski definition) is 1. The predicted octanol–water partition coefficient (Wildman–Crippen LogP) is 1.71. The van der Waals surface area contributed by atoms with E-state index < -0.39 is 0 Å². The van der Waals surface area contributed by atoms with Crippen molar-refractivity contribution in [1.29, 1.82) is 0 Å². The van der Waals surface area contributed by atoms with Crippen LogP contribution in [0.2, 0.25) is 0 Å². The van der Waals surface area contributed by atoms with Gasteiger partial charge in [0.05, 0.1) is 6.54 Å². The fourth-order valence-electron chi connectivity index (χ4n) is 2.36. The monoisotopic (exact) mass is 299 g/mol. The molecule has 0 bridgehead atoms. The second-order valence-electron chi connectivity index (χ2n) is 6.22. The van der Waals surface area contributed by atoms with Gasteiger partial charge in [-0.1, -0.05) is 20.8 Å². The largest absolute Gasteiger partial charge is 0.347 e. The number of carbonyl (C=O) groups excluding carboxylic acids is 2. The van der Waals surface area contributed by atoms with E-state index in [4.69, 9.17) is 5.73 Å². The first kappa shape index (κ1) is 19.9. The summed E-state index contributed by atoms with van der Waals surface area (Å²) in [7, 11) is 3.43. The molecule has 2 N–H and O–H groups in total. The van der Waals surface area contributed by atoms with Gasteiger partial charge < -0.3 is 15.5 Å². The van der Waals surface area contributed by atoms with Crippen LogP contribution in [0.3, 0.4) is 0 Å². The maximum atomic E-state index is 12.3. The van der Waals surface area contributed by atoms with Crippen molar-refractivity contribution in [2.24, 2.45) is 17.6 Å². The van der Waals surface area contributed by atoms with Crippen LogP contribution in [0.15, 0.2) is 0 Å². The zero-order valence-electron chi connectivity index (χ0n) is 14.4. The van der Waals surface area contributed by atoms with Gasteiger partial charge in [-0.15, -0.1) is 0 Å². The van der Waals surface area contributed by atoms with Crippen LogP contribution in [0.5, 0.6) is 0 Å². The highest BCUT2D eigenvalue weighted by Crippen LogP contribution is 2.21. The van der Waals surface area contributed by atoms with Crippen molar-refractivity contribution in [3.8, 4) is 0 Å². The van der Waals surface area contributed by atoms with Crippen molar-refractivity contribution in [2.45, 2.75) is 46.5 Å². The third-order valence-electron chi connectivity index (χ3n) is 3.88. The summed E-state index contributed by atoms with van der Waals surface area (Å²) >= 11 is 0. The average molecular weight is 299 g/mol. The van der Waals surface area contributed by atoms with Crippen LogP contribution in [-0.2, 0) is 9.59 Å². The van der Waals surface area contributed by atoms with Gasteiger partial charge in [0.1, 0.15) is 0 Å². The van der Waals surface area contributed by atoms with Crippen LogP contribution in [0.1, 0.15) is 46.5 Å². The van der Waals surface area contributed by atoms with E-state index in [0.717, 1.165) is 19.3 Å². The Labute approximate surface area is 129 Å². The second kappa shape index (κ2) is 10.6. The third kappa shape index (κ3) is 8.05. The number of nitrogens with zero attached hydrogens (tertiary/aromatic N) is 2. The minimum absolute atomic E-state index is 0.0285. The Morgan fingerprint density at radius 1 is 1.10 bits per heavy atom. The number of rotatable bonds is 10. The second-order valence-corrected chi connectivity index (χ2v) is 6.22. The molecule has 0 aromatic carbocycles. The molecule has 0 aliphatic rings. The van der Waals surface area contributed by atoms with E-state index in [1.165, 1.54) is 4.90 Å². The summed E-state index contributed by atoms with van der Waals surface area (Å²) in [5, 5.41) is 0. The Hall–Kier alpha value is -1.10. The van der Waals surface area contributed by atoms with E-state index in [1.807, 2.05) is 6.92 Å². The molecule has 0 aromatic heterocycles. The maximum Gasteiger partial charge on any atom is 0.241 e. The first-order valence-corrected chi connectivity index (χ1v) is 8.01. The van der Waals surface area contributed by atoms with Crippen LogP contribution in [0.25, 0.3) is 0 Å². The van der Waals surface area contributed by atoms with Crippen molar-refractivity contribution in [3.63, 3.8) is 0 Å². The van der Waals surface area contributed by atoms with Gasteiger partial charge in [-0.25, -0.2) is 0 Å². The van der Waals surface area contributed by atoms with Crippen molar-refractivity contribution in [3.05, 3.63) is 0 Å². The molecule has 2 amide bonds. The number of likely N-dealkylation sites (N-methyl/N-ethyl adjacent to an activating group) is 1. The van der Waals surface area contributed by atoms with Crippen molar-refractivity contribution < 1.29 is 9.59 Å². The van der Waals surface area contributed by atoms with Crippen molar-refractivity contribution in [2.75, 3.05) is 33.7 Å². The molecule has 0 heterocycles. The Kier molecular flexibility index (Phi) is 10.0. The average Bonchev–Trinajstić information content (AvgIpc) is 2.41. The van der Waals surface area contributed by atoms with E-state index in [9.17, 15) is 9.59 Å². The molecular formula is C16H33N3O2. The van der Waals surface area contributed by atoms with Crippen LogP contribution in [0.4, 0.5) is 0 Å². The molecule has 1 atom stereocenters. The lowest BCUT2D eigenvalue weighted by Gasteiger charge is -2.25. The van der Waals surface area contributed by atoms with Crippen LogP contribution in [-0.4, -0.2) is 55.3 Å². The molecule has 124 valence electrons. The Morgan fingerprint density at radius 3 is 2.14 bits per heavy atom. The summed E-state index contributed by atoms with van der Waals surface area (Å²) in [5.74, 6) is 1.06. The molecule has 0 spiro atoms. The van der Waals surface area contributed by atoms with Gasteiger partial charge in [0.2, 0.25) is 11.8 Å². The minimum atomic E-state index is -0.0285. The molecule has 0 aliphatic carbocycles.